The number of rotatable bonds is 5. The molecule has 2 heterocycles. The minimum atomic E-state index is 0.179. The number of nitrogens with zero attached hydrogens (tertiary/aromatic N) is 3. The van der Waals surface area contributed by atoms with Crippen LogP contribution in [0.2, 0.25) is 0 Å². The van der Waals surface area contributed by atoms with E-state index in [9.17, 15) is 0 Å². The highest BCUT2D eigenvalue weighted by Crippen LogP contribution is 2.23. The fourth-order valence-electron chi connectivity index (χ4n) is 2.48. The van der Waals surface area contributed by atoms with Crippen LogP contribution in [-0.2, 0) is 6.42 Å². The SMILES string of the molecule is CCNC(Cc1nc(N2CCCC2)no1)C(C)(C)C. The average Bonchev–Trinajstić information content (AvgIpc) is 2.97. The second-order valence-corrected chi connectivity index (χ2v) is 6.36. The first-order chi connectivity index (χ1) is 9.00. The smallest absolute Gasteiger partial charge is 0.266 e. The van der Waals surface area contributed by atoms with Crippen molar-refractivity contribution in [2.75, 3.05) is 24.5 Å². The minimum Gasteiger partial charge on any atom is -0.338 e. The Kier molecular flexibility index (Phi) is 4.45. The Bertz CT molecular complexity index is 390. The van der Waals surface area contributed by atoms with Gasteiger partial charge in [0.25, 0.3) is 5.95 Å². The van der Waals surface area contributed by atoms with Gasteiger partial charge in [-0.3, -0.25) is 0 Å². The predicted molar refractivity (Wildman–Crippen MR) is 76.4 cm³/mol. The van der Waals surface area contributed by atoms with Gasteiger partial charge in [-0.05, 0) is 30.0 Å². The molecule has 0 amide bonds. The summed E-state index contributed by atoms with van der Waals surface area (Å²) < 4.78 is 5.41. The highest BCUT2D eigenvalue weighted by molar-refractivity contribution is 5.28. The van der Waals surface area contributed by atoms with E-state index in [0.29, 0.717) is 6.04 Å². The quantitative estimate of drug-likeness (QED) is 0.885. The summed E-state index contributed by atoms with van der Waals surface area (Å²) in [6, 6.07) is 0.351. The van der Waals surface area contributed by atoms with Crippen molar-refractivity contribution in [1.29, 1.82) is 0 Å². The molecule has 1 aromatic rings. The number of hydrogen-bond acceptors (Lipinski definition) is 5. The van der Waals surface area contributed by atoms with Gasteiger partial charge >= 0.3 is 0 Å². The van der Waals surface area contributed by atoms with E-state index in [1.165, 1.54) is 12.8 Å². The summed E-state index contributed by atoms with van der Waals surface area (Å²) in [5, 5.41) is 7.61. The van der Waals surface area contributed by atoms with E-state index >= 15 is 0 Å². The van der Waals surface area contributed by atoms with E-state index in [0.717, 1.165) is 37.9 Å². The Morgan fingerprint density at radius 3 is 2.58 bits per heavy atom. The van der Waals surface area contributed by atoms with Crippen LogP contribution in [0.1, 0.15) is 46.4 Å². The summed E-state index contributed by atoms with van der Waals surface area (Å²) in [6.07, 6.45) is 3.25. The van der Waals surface area contributed by atoms with Crippen LogP contribution in [0.25, 0.3) is 0 Å². The summed E-state index contributed by atoms with van der Waals surface area (Å²) in [4.78, 5) is 6.74. The molecule has 2 rings (SSSR count). The maximum Gasteiger partial charge on any atom is 0.266 e. The molecule has 5 heteroatoms. The molecule has 0 aliphatic carbocycles. The maximum atomic E-state index is 5.41. The zero-order valence-electron chi connectivity index (χ0n) is 12.6. The molecule has 1 atom stereocenters. The number of likely N-dealkylation sites (N-methyl/N-ethyl adjacent to an activating group) is 1. The zero-order chi connectivity index (χ0) is 13.9. The normalized spacial score (nSPS) is 18.0. The monoisotopic (exact) mass is 266 g/mol. The lowest BCUT2D eigenvalue weighted by Gasteiger charge is -2.30. The van der Waals surface area contributed by atoms with Gasteiger partial charge in [-0.2, -0.15) is 4.98 Å². The van der Waals surface area contributed by atoms with E-state index in [1.807, 2.05) is 0 Å². The first-order valence-electron chi connectivity index (χ1n) is 7.31. The average molecular weight is 266 g/mol. The first-order valence-corrected chi connectivity index (χ1v) is 7.31. The van der Waals surface area contributed by atoms with Crippen LogP contribution < -0.4 is 10.2 Å². The highest BCUT2D eigenvalue weighted by Gasteiger charge is 2.27. The summed E-state index contributed by atoms with van der Waals surface area (Å²) in [5.41, 5.74) is 0.179. The van der Waals surface area contributed by atoms with Crippen LogP contribution in [0, 0.1) is 5.41 Å². The second kappa shape index (κ2) is 5.90. The number of nitrogens with one attached hydrogen (secondary N) is 1. The van der Waals surface area contributed by atoms with Crippen LogP contribution in [0.15, 0.2) is 4.52 Å². The van der Waals surface area contributed by atoms with Crippen molar-refractivity contribution in [3.8, 4) is 0 Å². The maximum absolute atomic E-state index is 5.41. The molecule has 0 bridgehead atoms. The van der Waals surface area contributed by atoms with Crippen molar-refractivity contribution < 1.29 is 4.52 Å². The molecule has 1 N–H and O–H groups in total. The van der Waals surface area contributed by atoms with Crippen LogP contribution in [0.5, 0.6) is 0 Å². The van der Waals surface area contributed by atoms with Gasteiger partial charge in [0, 0.05) is 25.6 Å². The van der Waals surface area contributed by atoms with E-state index in [-0.39, 0.29) is 5.41 Å². The largest absolute Gasteiger partial charge is 0.338 e. The third-order valence-corrected chi connectivity index (χ3v) is 3.72. The highest BCUT2D eigenvalue weighted by atomic mass is 16.5. The van der Waals surface area contributed by atoms with Gasteiger partial charge in [0.15, 0.2) is 0 Å². The lowest BCUT2D eigenvalue weighted by atomic mass is 9.85. The molecule has 108 valence electrons. The van der Waals surface area contributed by atoms with E-state index in [2.05, 4.69) is 48.1 Å². The molecule has 0 aromatic carbocycles. The zero-order valence-corrected chi connectivity index (χ0v) is 12.6. The Morgan fingerprint density at radius 1 is 1.32 bits per heavy atom. The molecule has 1 unspecified atom stereocenters. The molecule has 5 nitrogen and oxygen atoms in total. The molecule has 1 aromatic heterocycles. The molecular weight excluding hydrogens is 240 g/mol. The van der Waals surface area contributed by atoms with E-state index < -0.39 is 0 Å². The van der Waals surface area contributed by atoms with Gasteiger partial charge in [0.1, 0.15) is 0 Å². The molecule has 1 fully saturated rings. The first kappa shape index (κ1) is 14.3. The van der Waals surface area contributed by atoms with Crippen LogP contribution in [0.3, 0.4) is 0 Å². The van der Waals surface area contributed by atoms with Gasteiger partial charge in [-0.15, -0.1) is 0 Å². The van der Waals surface area contributed by atoms with Crippen molar-refractivity contribution in [2.45, 2.75) is 53.0 Å². The van der Waals surface area contributed by atoms with Gasteiger partial charge in [0.2, 0.25) is 5.89 Å². The molecule has 1 aliphatic rings. The fraction of sp³-hybridized carbons (Fsp3) is 0.857. The standard InChI is InChI=1S/C14H26N4O/c1-5-15-11(14(2,3)4)10-12-16-13(17-19-12)18-8-6-7-9-18/h11,15H,5-10H2,1-4H3. The van der Waals surface area contributed by atoms with E-state index in [1.54, 1.807) is 0 Å². The van der Waals surface area contributed by atoms with Crippen molar-refractivity contribution in [2.24, 2.45) is 5.41 Å². The topological polar surface area (TPSA) is 54.2 Å². The molecular formula is C14H26N4O. The molecule has 1 aliphatic heterocycles. The Hall–Kier alpha value is -1.10. The molecule has 19 heavy (non-hydrogen) atoms. The van der Waals surface area contributed by atoms with Crippen molar-refractivity contribution in [3.05, 3.63) is 5.89 Å². The second-order valence-electron chi connectivity index (χ2n) is 6.36. The van der Waals surface area contributed by atoms with Crippen LogP contribution in [0.4, 0.5) is 5.95 Å². The van der Waals surface area contributed by atoms with Gasteiger partial charge in [0.05, 0.1) is 0 Å². The number of anilines is 1. The fourth-order valence-corrected chi connectivity index (χ4v) is 2.48. The molecule has 0 saturated carbocycles. The number of hydrogen-bond donors (Lipinski definition) is 1. The van der Waals surface area contributed by atoms with Crippen molar-refractivity contribution >= 4 is 5.95 Å². The van der Waals surface area contributed by atoms with Crippen LogP contribution >= 0.6 is 0 Å². The molecule has 0 radical (unpaired) electrons. The molecule has 0 spiro atoms. The Balaban J connectivity index is 2.01. The Labute approximate surface area is 115 Å². The minimum absolute atomic E-state index is 0.179. The third-order valence-electron chi connectivity index (χ3n) is 3.72. The number of aromatic nitrogens is 2. The lowest BCUT2D eigenvalue weighted by Crippen LogP contribution is -2.42. The lowest BCUT2D eigenvalue weighted by molar-refractivity contribution is 0.247. The van der Waals surface area contributed by atoms with Crippen molar-refractivity contribution in [1.82, 2.24) is 15.5 Å². The summed E-state index contributed by atoms with van der Waals surface area (Å²) in [5.74, 6) is 1.50. The van der Waals surface area contributed by atoms with Gasteiger partial charge in [-0.25, -0.2) is 0 Å². The third kappa shape index (κ3) is 3.69. The molecule has 1 saturated heterocycles. The summed E-state index contributed by atoms with van der Waals surface area (Å²) in [7, 11) is 0. The van der Waals surface area contributed by atoms with E-state index in [4.69, 9.17) is 4.52 Å². The summed E-state index contributed by atoms with van der Waals surface area (Å²) >= 11 is 0. The van der Waals surface area contributed by atoms with Crippen molar-refractivity contribution in [3.63, 3.8) is 0 Å². The Morgan fingerprint density at radius 2 is 2.00 bits per heavy atom. The summed E-state index contributed by atoms with van der Waals surface area (Å²) in [6.45, 7) is 11.9. The van der Waals surface area contributed by atoms with Gasteiger partial charge < -0.3 is 14.7 Å². The van der Waals surface area contributed by atoms with Gasteiger partial charge in [-0.1, -0.05) is 27.7 Å². The predicted octanol–water partition coefficient (Wildman–Crippen LogP) is 2.24. The van der Waals surface area contributed by atoms with Crippen LogP contribution in [-0.4, -0.2) is 35.8 Å².